The van der Waals surface area contributed by atoms with E-state index in [4.69, 9.17) is 26.4 Å². The van der Waals surface area contributed by atoms with E-state index in [0.717, 1.165) is 150 Å². The molecule has 42 heteroatoms. The van der Waals surface area contributed by atoms with E-state index in [-0.39, 0.29) is 90.0 Å². The summed E-state index contributed by atoms with van der Waals surface area (Å²) >= 11 is 7.13. The second-order valence-electron chi connectivity index (χ2n) is 32.5. The van der Waals surface area contributed by atoms with Gasteiger partial charge >= 0.3 is 17.9 Å². The Morgan fingerprint density at radius 1 is 0.401 bits per heavy atom. The molecule has 0 bridgehead atoms. The number of carbonyl (C=O) groups is 8. The van der Waals surface area contributed by atoms with Gasteiger partial charge in [0, 0.05) is 82.3 Å². The molecule has 4 aromatic carbocycles. The number of aliphatic carboxylic acids is 2. The summed E-state index contributed by atoms with van der Waals surface area (Å²) in [4.78, 5) is 111. The molecule has 0 saturated carbocycles. The summed E-state index contributed by atoms with van der Waals surface area (Å²) in [7, 11) is 0. The number of rotatable bonds is 26. The Hall–Kier alpha value is -14.7. The number of thiocarbonyl (C=S) groups is 1. The molecule has 0 aliphatic carbocycles. The zero-order chi connectivity index (χ0) is 96.7. The molecule has 0 atom stereocenters. The van der Waals surface area contributed by atoms with Gasteiger partial charge in [-0.25, -0.2) is 5.84 Å². The van der Waals surface area contributed by atoms with Crippen molar-refractivity contribution >= 4 is 157 Å². The van der Waals surface area contributed by atoms with Gasteiger partial charge in [0.1, 0.15) is 10.0 Å². The van der Waals surface area contributed by atoms with Crippen LogP contribution >= 0.6 is 47.3 Å². The smallest absolute Gasteiger partial charge is 0.309 e. The number of carbonyl (C=O) groups excluding carboxylic acids is 6. The van der Waals surface area contributed by atoms with Gasteiger partial charge in [0.25, 0.3) is 0 Å². The van der Waals surface area contributed by atoms with Gasteiger partial charge in [0.15, 0.2) is 51.7 Å². The monoisotopic (exact) mass is 1940 g/mol. The van der Waals surface area contributed by atoms with Crippen molar-refractivity contribution in [2.75, 3.05) is 111 Å². The van der Waals surface area contributed by atoms with Crippen LogP contribution < -0.4 is 68.9 Å². The third kappa shape index (κ3) is 35.6. The average molecular weight is 1940 g/mol. The molecular weight excluding hydrogens is 1830 g/mol. The number of piperidine rings is 4. The average Bonchev–Trinajstić information content (AvgIpc) is 1.82. The maximum absolute atomic E-state index is 12.4. The summed E-state index contributed by atoms with van der Waals surface area (Å²) in [6.07, 6.45) is 11.1. The van der Waals surface area contributed by atoms with Crippen molar-refractivity contribution in [1.29, 1.82) is 0 Å². The number of hydrazine groups is 1. The third-order valence-electron chi connectivity index (χ3n) is 21.8. The van der Waals surface area contributed by atoms with E-state index in [9.17, 15) is 38.4 Å². The number of benzene rings is 4. The minimum absolute atomic E-state index is 0. The first kappa shape index (κ1) is 104. The first-order chi connectivity index (χ1) is 65.7. The van der Waals surface area contributed by atoms with Gasteiger partial charge in [-0.05, 0) is 193 Å². The SMILES string of the molecule is CCOC(=O)C1CCN(c2ccc(NC(=O)Cc3cccc(C)c3)nn2)CC1.Cc1cccc(CC(=O)Nc2ccc(N3CCC(C(=O)O)CC3)nn2)c1.Cc1cccc(CC(=O)Nc2ccc(N3CCC(c4nnc(N)s4)CC3)nn2)c1.Cc1cccc(CC(=O)Nc2ccc(N3CCC(c4nnc(NC(=O)Cc5ccccn5)s4)CC3)nn2)c1.Cl.NNC(N)=S.O=C(O)Cc1ccccn1. The summed E-state index contributed by atoms with van der Waals surface area (Å²) in [6, 6.07) is 56.7. The number of nitrogens with two attached hydrogens (primary N) is 3. The number of ether oxygens (including phenoxy) is 1. The highest BCUT2D eigenvalue weighted by atomic mass is 35.5. The lowest BCUT2D eigenvalue weighted by Gasteiger charge is -2.31. The molecule has 38 nitrogen and oxygen atoms in total. The zero-order valence-electron chi connectivity index (χ0n) is 76.5. The molecule has 16 rings (SSSR count). The van der Waals surface area contributed by atoms with Crippen LogP contribution in [0.4, 0.5) is 56.8 Å². The lowest BCUT2D eigenvalue weighted by molar-refractivity contribution is -0.148. The first-order valence-corrected chi connectivity index (χ1v) is 46.4. The van der Waals surface area contributed by atoms with Gasteiger partial charge < -0.3 is 78.0 Å². The van der Waals surface area contributed by atoms with E-state index in [0.29, 0.717) is 108 Å². The van der Waals surface area contributed by atoms with Crippen LogP contribution in [-0.4, -0.2) is 193 Å². The number of halogens is 1. The Morgan fingerprint density at radius 2 is 0.730 bits per heavy atom. The predicted octanol–water partition coefficient (Wildman–Crippen LogP) is 11.4. The molecule has 0 unspecified atom stereocenters. The second-order valence-corrected chi connectivity index (χ2v) is 35.0. The van der Waals surface area contributed by atoms with Crippen LogP contribution in [0.5, 0.6) is 0 Å². The molecule has 14 N–H and O–H groups in total. The Morgan fingerprint density at radius 3 is 1.02 bits per heavy atom. The number of carboxylic acids is 2. The largest absolute Gasteiger partial charge is 0.481 e. The summed E-state index contributed by atoms with van der Waals surface area (Å²) in [5.41, 5.74) is 22.2. The van der Waals surface area contributed by atoms with E-state index < -0.39 is 11.9 Å². The predicted molar refractivity (Wildman–Crippen MR) is 532 cm³/mol. The standard InChI is InChI=1S/C27H28N8O2S.C21H26N4O3.C20H23N7OS.C19H22N4O3.C7H7NO2.CH5N3S.ClH/c1-18-5-4-6-19(15-18)16-24(36)29-22-8-9-23(32-31-22)35-13-10-20(11-14-35)26-33-34-27(38-26)30-25(37)17-21-7-2-3-12-28-21;1-3-28-21(27)17-9-11-25(12-10-17)19-8-7-18(23-24-19)22-20(26)14-16-6-4-5-15(2)13-16;1-13-3-2-4-14(11-13)12-18(28)22-16-5-6-17(24-23-16)27-9-7-15(8-10-27)19-25-26-20(21)29-19;1-13-3-2-4-14(11-13)12-18(24)20-16-5-6-17(22-21-16)23-9-7-15(8-10-23)19(25)26;9-7(10)5-6-3-1-2-4-8-6;2-1(5)4-3;/h2-9,12,15,20H,10-11,13-14,16-17H2,1H3,(H,29,31,36)(H,30,34,37);4-8,13,17H,3,9-12,14H2,1-2H3,(H,22,23,26);2-6,11,15H,7-10,12H2,1H3,(H2,21,26)(H,22,23,28);2-6,11,15H,7-10,12H2,1H3,(H,25,26)(H,20,21,24);1-4H,5H2,(H,9,10);3H2,(H3,2,4,5);1H. The molecule has 0 radical (unpaired) electrons. The Bertz CT molecular complexity index is 5900. The van der Waals surface area contributed by atoms with Gasteiger partial charge in [-0.2, -0.15) is 0 Å². The molecule has 5 amide bonds. The van der Waals surface area contributed by atoms with Crippen molar-refractivity contribution in [2.24, 2.45) is 23.4 Å². The lowest BCUT2D eigenvalue weighted by atomic mass is 9.97. The van der Waals surface area contributed by atoms with Crippen molar-refractivity contribution in [3.63, 3.8) is 0 Å². The number of hydrogen-bond acceptors (Lipinski definition) is 32. The van der Waals surface area contributed by atoms with Gasteiger partial charge in [-0.1, -0.05) is 154 Å². The van der Waals surface area contributed by atoms with Gasteiger partial charge in [-0.3, -0.25) is 48.3 Å². The highest BCUT2D eigenvalue weighted by Gasteiger charge is 2.31. The molecule has 4 saturated heterocycles. The topological polar surface area (TPSA) is 530 Å². The minimum Gasteiger partial charge on any atom is -0.481 e. The number of amides is 5. The van der Waals surface area contributed by atoms with E-state index >= 15 is 0 Å². The van der Waals surface area contributed by atoms with Crippen LogP contribution in [0.1, 0.15) is 136 Å². The van der Waals surface area contributed by atoms with Crippen LogP contribution in [0.3, 0.4) is 0 Å². The number of aryl methyl sites for hydroxylation is 4. The fourth-order valence-corrected chi connectivity index (χ4v) is 16.7. The highest BCUT2D eigenvalue weighted by molar-refractivity contribution is 7.80. The number of carboxylic acid groups (broad SMARTS) is 2. The summed E-state index contributed by atoms with van der Waals surface area (Å²) in [5.74, 6) is 7.46. The van der Waals surface area contributed by atoms with Gasteiger partial charge in [0.05, 0.1) is 62.7 Å². The molecule has 718 valence electrons. The molecule has 4 aliphatic heterocycles. The zero-order valence-corrected chi connectivity index (χ0v) is 79.8. The van der Waals surface area contributed by atoms with Gasteiger partial charge in [0.2, 0.25) is 39.8 Å². The van der Waals surface area contributed by atoms with Crippen molar-refractivity contribution in [3.8, 4) is 0 Å². The maximum Gasteiger partial charge on any atom is 0.309 e. The molecule has 0 spiro atoms. The first-order valence-electron chi connectivity index (χ1n) is 44.4. The van der Waals surface area contributed by atoms with Crippen LogP contribution in [0.2, 0.25) is 0 Å². The number of nitrogens with one attached hydrogen (secondary N) is 6. The molecule has 12 heterocycles. The number of anilines is 10. The summed E-state index contributed by atoms with van der Waals surface area (Å²) < 4.78 is 5.10. The van der Waals surface area contributed by atoms with E-state index in [1.54, 1.807) is 60.9 Å². The van der Waals surface area contributed by atoms with Crippen LogP contribution in [0.15, 0.2) is 194 Å². The molecule has 12 aromatic rings. The van der Waals surface area contributed by atoms with Crippen molar-refractivity contribution in [3.05, 3.63) is 260 Å². The van der Waals surface area contributed by atoms with Gasteiger partial charge in [-0.15, -0.1) is 73.6 Å². The number of hydrogen-bond donors (Lipinski definition) is 11. The number of aromatic nitrogens is 14. The fourth-order valence-electron chi connectivity index (χ4n) is 15.0. The minimum atomic E-state index is -0.848. The van der Waals surface area contributed by atoms with E-state index in [2.05, 4.69) is 130 Å². The van der Waals surface area contributed by atoms with Crippen LogP contribution in [0.25, 0.3) is 0 Å². The Labute approximate surface area is 812 Å². The molecule has 137 heavy (non-hydrogen) atoms. The number of nitrogens with zero attached hydrogens (tertiary/aromatic N) is 18. The van der Waals surface area contributed by atoms with Crippen LogP contribution in [-0.2, 0) is 81.6 Å². The van der Waals surface area contributed by atoms with E-state index in [1.165, 1.54) is 22.7 Å². The normalized spacial score (nSPS) is 13.6. The highest BCUT2D eigenvalue weighted by Crippen LogP contribution is 2.35. The van der Waals surface area contributed by atoms with E-state index in [1.807, 2.05) is 178 Å². The third-order valence-corrected chi connectivity index (χ3v) is 23.8. The molecular formula is C95H112ClN27O11S3. The van der Waals surface area contributed by atoms with Crippen LogP contribution in [0, 0.1) is 39.5 Å². The molecule has 4 fully saturated rings. The number of nitrogen functional groups attached to an aromatic ring is 1. The number of pyridine rings is 2. The second kappa shape index (κ2) is 54.0. The summed E-state index contributed by atoms with van der Waals surface area (Å²) in [6.45, 7) is 16.4. The molecule has 4 aliphatic rings. The maximum atomic E-state index is 12.4. The lowest BCUT2D eigenvalue weighted by Crippen LogP contribution is -2.37. The quantitative estimate of drug-likeness (QED) is 0.0104. The fraction of sp³-hybridized carbons (Fsp3) is 0.337. The van der Waals surface area contributed by atoms with Crippen molar-refractivity contribution < 1.29 is 53.3 Å². The van der Waals surface area contributed by atoms with Crippen molar-refractivity contribution in [2.45, 2.75) is 136 Å². The molecule has 8 aromatic heterocycles. The Balaban J connectivity index is 0.000000180. The van der Waals surface area contributed by atoms with Crippen molar-refractivity contribution in [1.82, 2.24) is 76.6 Å². The number of esters is 1. The summed E-state index contributed by atoms with van der Waals surface area (Å²) in [5, 5.41) is 84.6. The Kier molecular flexibility index (Phi) is 41.2.